The molecule has 3 heterocycles. The summed E-state index contributed by atoms with van der Waals surface area (Å²) < 4.78 is 5.80. The van der Waals surface area contributed by atoms with Gasteiger partial charge in [0.2, 0.25) is 5.95 Å². The van der Waals surface area contributed by atoms with Crippen molar-refractivity contribution in [1.29, 1.82) is 0 Å². The molecule has 1 N–H and O–H groups in total. The Labute approximate surface area is 146 Å². The summed E-state index contributed by atoms with van der Waals surface area (Å²) in [7, 11) is 3.77. The summed E-state index contributed by atoms with van der Waals surface area (Å²) in [6.07, 6.45) is 1.43. The number of hydrogen-bond acceptors (Lipinski definition) is 6. The van der Waals surface area contributed by atoms with Crippen molar-refractivity contribution in [2.45, 2.75) is 13.0 Å². The van der Waals surface area contributed by atoms with E-state index in [0.717, 1.165) is 11.4 Å². The fourth-order valence-corrected chi connectivity index (χ4v) is 2.57. The van der Waals surface area contributed by atoms with E-state index in [0.29, 0.717) is 31.5 Å². The maximum Gasteiger partial charge on any atom is 0.323 e. The fourth-order valence-electron chi connectivity index (χ4n) is 2.57. The number of aryl methyl sites for hydroxylation is 1. The van der Waals surface area contributed by atoms with E-state index in [1.54, 1.807) is 17.2 Å². The van der Waals surface area contributed by atoms with Crippen LogP contribution in [0.3, 0.4) is 0 Å². The SMILES string of the molecule is Cc1cccc(NC(=O)N2CCO[C@H](c3ccnc(N(C)C)n3)C2)n1. The third-order valence-corrected chi connectivity index (χ3v) is 3.87. The van der Waals surface area contributed by atoms with Gasteiger partial charge in [-0.1, -0.05) is 6.07 Å². The van der Waals surface area contributed by atoms with Gasteiger partial charge in [0.05, 0.1) is 18.8 Å². The van der Waals surface area contributed by atoms with Crippen LogP contribution in [0.2, 0.25) is 0 Å². The Morgan fingerprint density at radius 3 is 2.92 bits per heavy atom. The van der Waals surface area contributed by atoms with Gasteiger partial charge in [-0.2, -0.15) is 0 Å². The summed E-state index contributed by atoms with van der Waals surface area (Å²) >= 11 is 0. The lowest BCUT2D eigenvalue weighted by Gasteiger charge is -2.32. The van der Waals surface area contributed by atoms with E-state index in [1.807, 2.05) is 44.1 Å². The molecule has 0 saturated carbocycles. The van der Waals surface area contributed by atoms with Gasteiger partial charge in [0.15, 0.2) is 0 Å². The van der Waals surface area contributed by atoms with Gasteiger partial charge in [0, 0.05) is 32.5 Å². The number of hydrogen-bond donors (Lipinski definition) is 1. The van der Waals surface area contributed by atoms with Crippen molar-refractivity contribution >= 4 is 17.8 Å². The van der Waals surface area contributed by atoms with Crippen molar-refractivity contribution in [1.82, 2.24) is 19.9 Å². The predicted octanol–water partition coefficient (Wildman–Crippen LogP) is 1.85. The fraction of sp³-hybridized carbons (Fsp3) is 0.412. The third kappa shape index (κ3) is 4.21. The van der Waals surface area contributed by atoms with Crippen molar-refractivity contribution < 1.29 is 9.53 Å². The number of aromatic nitrogens is 3. The maximum atomic E-state index is 12.5. The number of carbonyl (C=O) groups is 1. The van der Waals surface area contributed by atoms with Gasteiger partial charge in [0.25, 0.3) is 0 Å². The largest absolute Gasteiger partial charge is 0.368 e. The molecule has 1 fully saturated rings. The number of morpholine rings is 1. The Morgan fingerprint density at radius 1 is 1.32 bits per heavy atom. The second-order valence-corrected chi connectivity index (χ2v) is 6.08. The molecular formula is C17H22N6O2. The smallest absolute Gasteiger partial charge is 0.323 e. The van der Waals surface area contributed by atoms with Crippen molar-refractivity contribution in [3.63, 3.8) is 0 Å². The minimum atomic E-state index is -0.272. The highest BCUT2D eigenvalue weighted by Gasteiger charge is 2.27. The minimum absolute atomic E-state index is 0.187. The summed E-state index contributed by atoms with van der Waals surface area (Å²) in [5.74, 6) is 1.16. The predicted molar refractivity (Wildman–Crippen MR) is 94.6 cm³/mol. The topological polar surface area (TPSA) is 83.5 Å². The molecule has 132 valence electrons. The molecule has 1 saturated heterocycles. The molecule has 0 radical (unpaired) electrons. The van der Waals surface area contributed by atoms with E-state index in [4.69, 9.17) is 4.74 Å². The molecule has 1 aliphatic heterocycles. The number of ether oxygens (including phenoxy) is 1. The van der Waals surface area contributed by atoms with E-state index < -0.39 is 0 Å². The number of pyridine rings is 1. The van der Waals surface area contributed by atoms with E-state index in [2.05, 4.69) is 20.3 Å². The van der Waals surface area contributed by atoms with Crippen LogP contribution < -0.4 is 10.2 Å². The van der Waals surface area contributed by atoms with Crippen LogP contribution >= 0.6 is 0 Å². The third-order valence-electron chi connectivity index (χ3n) is 3.87. The average Bonchev–Trinajstić information content (AvgIpc) is 2.62. The molecule has 2 amide bonds. The van der Waals surface area contributed by atoms with Crippen LogP contribution in [0.1, 0.15) is 17.5 Å². The first kappa shape index (κ1) is 17.1. The zero-order valence-electron chi connectivity index (χ0n) is 14.6. The lowest BCUT2D eigenvalue weighted by atomic mass is 10.2. The Morgan fingerprint density at radius 2 is 2.16 bits per heavy atom. The van der Waals surface area contributed by atoms with Gasteiger partial charge in [-0.15, -0.1) is 0 Å². The molecule has 0 bridgehead atoms. The number of rotatable bonds is 3. The summed E-state index contributed by atoms with van der Waals surface area (Å²) in [6, 6.07) is 7.16. The summed E-state index contributed by atoms with van der Waals surface area (Å²) in [6.45, 7) is 3.31. The standard InChI is InChI=1S/C17H22N6O2/c1-12-5-4-6-15(19-12)21-17(24)23-9-10-25-14(11-23)13-7-8-18-16(20-13)22(2)3/h4-8,14H,9-11H2,1-3H3,(H,19,21,24)/t14-/m0/s1. The average molecular weight is 342 g/mol. The summed E-state index contributed by atoms with van der Waals surface area (Å²) in [5, 5.41) is 2.83. The number of anilines is 2. The van der Waals surface area contributed by atoms with Crippen molar-refractivity contribution in [3.8, 4) is 0 Å². The number of nitrogens with one attached hydrogen (secondary N) is 1. The highest BCUT2D eigenvalue weighted by Crippen LogP contribution is 2.22. The molecule has 25 heavy (non-hydrogen) atoms. The first-order valence-corrected chi connectivity index (χ1v) is 8.14. The van der Waals surface area contributed by atoms with Crippen LogP contribution in [0.4, 0.5) is 16.6 Å². The number of amides is 2. The second kappa shape index (κ2) is 7.43. The number of carbonyl (C=O) groups excluding carboxylic acids is 1. The Balaban J connectivity index is 1.68. The molecule has 1 atom stereocenters. The zero-order chi connectivity index (χ0) is 17.8. The molecule has 2 aromatic rings. The molecule has 8 nitrogen and oxygen atoms in total. The summed E-state index contributed by atoms with van der Waals surface area (Å²) in [4.78, 5) is 29.1. The van der Waals surface area contributed by atoms with Crippen molar-refractivity contribution in [3.05, 3.63) is 41.9 Å². The molecule has 0 spiro atoms. The van der Waals surface area contributed by atoms with Crippen molar-refractivity contribution in [2.24, 2.45) is 0 Å². The zero-order valence-corrected chi connectivity index (χ0v) is 14.6. The first-order valence-electron chi connectivity index (χ1n) is 8.14. The highest BCUT2D eigenvalue weighted by molar-refractivity contribution is 5.88. The molecule has 8 heteroatoms. The Kier molecular flexibility index (Phi) is 5.08. The van der Waals surface area contributed by atoms with E-state index in [9.17, 15) is 4.79 Å². The van der Waals surface area contributed by atoms with Gasteiger partial charge >= 0.3 is 6.03 Å². The number of urea groups is 1. The Bertz CT molecular complexity index is 751. The minimum Gasteiger partial charge on any atom is -0.368 e. The van der Waals surface area contributed by atoms with Crippen LogP contribution in [0.25, 0.3) is 0 Å². The molecular weight excluding hydrogens is 320 g/mol. The molecule has 1 aliphatic rings. The van der Waals surface area contributed by atoms with Crippen LogP contribution in [0, 0.1) is 6.92 Å². The van der Waals surface area contributed by atoms with E-state index >= 15 is 0 Å². The molecule has 2 aromatic heterocycles. The quantitative estimate of drug-likeness (QED) is 0.916. The van der Waals surface area contributed by atoms with Crippen molar-refractivity contribution in [2.75, 3.05) is 44.0 Å². The summed E-state index contributed by atoms with van der Waals surface area (Å²) in [5.41, 5.74) is 1.62. The lowest BCUT2D eigenvalue weighted by Crippen LogP contribution is -2.44. The van der Waals surface area contributed by atoms with Gasteiger partial charge < -0.3 is 14.5 Å². The van der Waals surface area contributed by atoms with E-state index in [1.165, 1.54) is 0 Å². The normalized spacial score (nSPS) is 17.2. The molecule has 0 aliphatic carbocycles. The molecule has 0 unspecified atom stereocenters. The highest BCUT2D eigenvalue weighted by atomic mass is 16.5. The second-order valence-electron chi connectivity index (χ2n) is 6.08. The van der Waals surface area contributed by atoms with E-state index in [-0.39, 0.29) is 12.1 Å². The van der Waals surface area contributed by atoms with Crippen LogP contribution in [0.5, 0.6) is 0 Å². The van der Waals surface area contributed by atoms with Crippen LogP contribution in [0.15, 0.2) is 30.5 Å². The monoisotopic (exact) mass is 342 g/mol. The van der Waals surface area contributed by atoms with Gasteiger partial charge in [-0.05, 0) is 25.1 Å². The molecule has 3 rings (SSSR count). The maximum absolute atomic E-state index is 12.5. The Hall–Kier alpha value is -2.74. The first-order chi connectivity index (χ1) is 12.0. The lowest BCUT2D eigenvalue weighted by molar-refractivity contribution is -0.0157. The number of nitrogens with zero attached hydrogens (tertiary/aromatic N) is 5. The van der Waals surface area contributed by atoms with Gasteiger partial charge in [-0.3, -0.25) is 5.32 Å². The van der Waals surface area contributed by atoms with Gasteiger partial charge in [0.1, 0.15) is 11.9 Å². The van der Waals surface area contributed by atoms with Gasteiger partial charge in [-0.25, -0.2) is 19.7 Å². The van der Waals surface area contributed by atoms with Crippen LogP contribution in [-0.2, 0) is 4.74 Å². The van der Waals surface area contributed by atoms with Crippen LogP contribution in [-0.4, -0.2) is 59.7 Å². The molecule has 0 aromatic carbocycles.